The number of hydrogen-bond acceptors (Lipinski definition) is 2. The Morgan fingerprint density at radius 3 is 2.43 bits per heavy atom. The Morgan fingerprint density at radius 1 is 1.29 bits per heavy atom. The molecule has 1 amide bonds. The Labute approximate surface area is 85.4 Å². The summed E-state index contributed by atoms with van der Waals surface area (Å²) < 4.78 is 0. The van der Waals surface area contributed by atoms with Gasteiger partial charge in [0, 0.05) is 6.54 Å². The first-order chi connectivity index (χ1) is 6.71. The standard InChI is InChI=1S/C11H20N2O/c12-11(6-3-7-11)10(14)13-8-9-4-1-2-5-9/h9H,1-8,12H2,(H,13,14). The van der Waals surface area contributed by atoms with Gasteiger partial charge in [-0.05, 0) is 38.0 Å². The van der Waals surface area contributed by atoms with Gasteiger partial charge in [-0.25, -0.2) is 0 Å². The van der Waals surface area contributed by atoms with E-state index < -0.39 is 5.54 Å². The van der Waals surface area contributed by atoms with Crippen LogP contribution >= 0.6 is 0 Å². The highest BCUT2D eigenvalue weighted by molar-refractivity contribution is 5.86. The molecule has 3 N–H and O–H groups in total. The molecule has 0 atom stereocenters. The molecule has 0 heterocycles. The second-order valence-corrected chi connectivity index (χ2v) is 4.87. The number of carbonyl (C=O) groups is 1. The summed E-state index contributed by atoms with van der Waals surface area (Å²) >= 11 is 0. The predicted molar refractivity (Wildman–Crippen MR) is 55.7 cm³/mol. The quantitative estimate of drug-likeness (QED) is 0.712. The number of rotatable bonds is 3. The lowest BCUT2D eigenvalue weighted by molar-refractivity contribution is -0.129. The number of carbonyl (C=O) groups excluding carboxylic acids is 1. The fraction of sp³-hybridized carbons (Fsp3) is 0.909. The van der Waals surface area contributed by atoms with Gasteiger partial charge < -0.3 is 11.1 Å². The number of amides is 1. The third-order valence-electron chi connectivity index (χ3n) is 3.72. The highest BCUT2D eigenvalue weighted by Gasteiger charge is 2.40. The van der Waals surface area contributed by atoms with Crippen molar-refractivity contribution >= 4 is 5.91 Å². The topological polar surface area (TPSA) is 55.1 Å². The molecule has 0 radical (unpaired) electrons. The predicted octanol–water partition coefficient (Wildman–Crippen LogP) is 1.17. The Kier molecular flexibility index (Phi) is 2.77. The Morgan fingerprint density at radius 2 is 1.93 bits per heavy atom. The molecule has 0 aromatic heterocycles. The van der Waals surface area contributed by atoms with Crippen LogP contribution in [0.2, 0.25) is 0 Å². The van der Waals surface area contributed by atoms with Crippen LogP contribution in [0.3, 0.4) is 0 Å². The van der Waals surface area contributed by atoms with Crippen LogP contribution in [0.5, 0.6) is 0 Å². The molecule has 0 spiro atoms. The van der Waals surface area contributed by atoms with E-state index >= 15 is 0 Å². The zero-order valence-electron chi connectivity index (χ0n) is 8.72. The van der Waals surface area contributed by atoms with Gasteiger partial charge in [0.2, 0.25) is 5.91 Å². The van der Waals surface area contributed by atoms with Crippen molar-refractivity contribution in [1.29, 1.82) is 0 Å². The molecule has 3 heteroatoms. The summed E-state index contributed by atoms with van der Waals surface area (Å²) in [6, 6.07) is 0. The Hall–Kier alpha value is -0.570. The van der Waals surface area contributed by atoms with Gasteiger partial charge in [-0.1, -0.05) is 12.8 Å². The maximum Gasteiger partial charge on any atom is 0.240 e. The van der Waals surface area contributed by atoms with Gasteiger partial charge in [-0.2, -0.15) is 0 Å². The molecule has 0 bridgehead atoms. The minimum atomic E-state index is -0.515. The molecule has 14 heavy (non-hydrogen) atoms. The lowest BCUT2D eigenvalue weighted by Gasteiger charge is -2.36. The normalized spacial score (nSPS) is 25.8. The molecule has 80 valence electrons. The molecule has 2 rings (SSSR count). The van der Waals surface area contributed by atoms with E-state index in [2.05, 4.69) is 5.32 Å². The molecule has 0 unspecified atom stereocenters. The second kappa shape index (κ2) is 3.89. The van der Waals surface area contributed by atoms with E-state index in [-0.39, 0.29) is 5.91 Å². The van der Waals surface area contributed by atoms with Gasteiger partial charge in [0.25, 0.3) is 0 Å². The fourth-order valence-corrected chi connectivity index (χ4v) is 2.41. The number of nitrogens with two attached hydrogens (primary N) is 1. The van der Waals surface area contributed by atoms with Crippen molar-refractivity contribution in [3.63, 3.8) is 0 Å². The zero-order chi connectivity index (χ0) is 10.0. The second-order valence-electron chi connectivity index (χ2n) is 4.87. The van der Waals surface area contributed by atoms with E-state index in [1.165, 1.54) is 25.7 Å². The maximum atomic E-state index is 11.7. The van der Waals surface area contributed by atoms with Gasteiger partial charge in [0.05, 0.1) is 5.54 Å². The molecular formula is C11H20N2O. The van der Waals surface area contributed by atoms with E-state index in [1.807, 2.05) is 0 Å². The lowest BCUT2D eigenvalue weighted by Crippen LogP contribution is -2.58. The highest BCUT2D eigenvalue weighted by Crippen LogP contribution is 2.29. The average molecular weight is 196 g/mol. The van der Waals surface area contributed by atoms with Gasteiger partial charge in [-0.3, -0.25) is 4.79 Å². The van der Waals surface area contributed by atoms with Crippen LogP contribution in [0.15, 0.2) is 0 Å². The molecule has 2 aliphatic rings. The van der Waals surface area contributed by atoms with E-state index in [9.17, 15) is 4.79 Å². The van der Waals surface area contributed by atoms with Crippen molar-refractivity contribution in [3.05, 3.63) is 0 Å². The summed E-state index contributed by atoms with van der Waals surface area (Å²) in [6.45, 7) is 0.845. The molecular weight excluding hydrogens is 176 g/mol. The minimum absolute atomic E-state index is 0.0793. The van der Waals surface area contributed by atoms with Crippen LogP contribution in [0.25, 0.3) is 0 Å². The van der Waals surface area contributed by atoms with Crippen molar-refractivity contribution in [2.45, 2.75) is 50.5 Å². The van der Waals surface area contributed by atoms with Crippen LogP contribution in [0.1, 0.15) is 44.9 Å². The van der Waals surface area contributed by atoms with Gasteiger partial charge in [-0.15, -0.1) is 0 Å². The van der Waals surface area contributed by atoms with Crippen molar-refractivity contribution in [2.24, 2.45) is 11.7 Å². The summed E-state index contributed by atoms with van der Waals surface area (Å²) in [5.41, 5.74) is 5.40. The van der Waals surface area contributed by atoms with E-state index in [1.54, 1.807) is 0 Å². The van der Waals surface area contributed by atoms with Crippen molar-refractivity contribution in [2.75, 3.05) is 6.54 Å². The first-order valence-electron chi connectivity index (χ1n) is 5.78. The van der Waals surface area contributed by atoms with Crippen LogP contribution in [-0.4, -0.2) is 18.0 Å². The van der Waals surface area contributed by atoms with Crippen LogP contribution in [0, 0.1) is 5.92 Å². The third kappa shape index (κ3) is 1.92. The van der Waals surface area contributed by atoms with Crippen LogP contribution < -0.4 is 11.1 Å². The number of nitrogens with one attached hydrogen (secondary N) is 1. The van der Waals surface area contributed by atoms with Gasteiger partial charge in [0.15, 0.2) is 0 Å². The SMILES string of the molecule is NC1(C(=O)NCC2CCCC2)CCC1. The Bertz CT molecular complexity index is 217. The molecule has 0 saturated heterocycles. The molecule has 0 aromatic rings. The number of hydrogen-bond donors (Lipinski definition) is 2. The van der Waals surface area contributed by atoms with Crippen molar-refractivity contribution < 1.29 is 4.79 Å². The Balaban J connectivity index is 1.71. The molecule has 2 saturated carbocycles. The summed E-state index contributed by atoms with van der Waals surface area (Å²) in [5.74, 6) is 0.790. The monoisotopic (exact) mass is 196 g/mol. The first kappa shape index (κ1) is 9.97. The van der Waals surface area contributed by atoms with Crippen LogP contribution in [0.4, 0.5) is 0 Å². The summed E-state index contributed by atoms with van der Waals surface area (Å²) in [6.07, 6.45) is 8.04. The smallest absolute Gasteiger partial charge is 0.240 e. The third-order valence-corrected chi connectivity index (χ3v) is 3.72. The molecule has 0 aliphatic heterocycles. The van der Waals surface area contributed by atoms with Gasteiger partial charge >= 0.3 is 0 Å². The van der Waals surface area contributed by atoms with E-state index in [4.69, 9.17) is 5.73 Å². The summed E-state index contributed by atoms with van der Waals surface area (Å²) in [4.78, 5) is 11.7. The largest absolute Gasteiger partial charge is 0.354 e. The molecule has 2 fully saturated rings. The molecule has 0 aromatic carbocycles. The minimum Gasteiger partial charge on any atom is -0.354 e. The van der Waals surface area contributed by atoms with Gasteiger partial charge in [0.1, 0.15) is 0 Å². The molecule has 2 aliphatic carbocycles. The van der Waals surface area contributed by atoms with Crippen molar-refractivity contribution in [1.82, 2.24) is 5.32 Å². The highest BCUT2D eigenvalue weighted by atomic mass is 16.2. The first-order valence-corrected chi connectivity index (χ1v) is 5.78. The lowest BCUT2D eigenvalue weighted by atomic mass is 9.77. The molecule has 3 nitrogen and oxygen atoms in total. The van der Waals surface area contributed by atoms with Crippen LogP contribution in [-0.2, 0) is 4.79 Å². The van der Waals surface area contributed by atoms with E-state index in [0.717, 1.165) is 25.8 Å². The summed E-state index contributed by atoms with van der Waals surface area (Å²) in [7, 11) is 0. The summed E-state index contributed by atoms with van der Waals surface area (Å²) in [5, 5.41) is 3.00. The zero-order valence-corrected chi connectivity index (χ0v) is 8.72. The maximum absolute atomic E-state index is 11.7. The fourth-order valence-electron chi connectivity index (χ4n) is 2.41. The average Bonchev–Trinajstić information content (AvgIpc) is 2.62. The van der Waals surface area contributed by atoms with Crippen molar-refractivity contribution in [3.8, 4) is 0 Å². The van der Waals surface area contributed by atoms with E-state index in [0.29, 0.717) is 5.92 Å².